The molecule has 2 aromatic heterocycles. The zero-order valence-electron chi connectivity index (χ0n) is 14.6. The Hall–Kier alpha value is -1.80. The van der Waals surface area contributed by atoms with Gasteiger partial charge in [0.1, 0.15) is 10.6 Å². The summed E-state index contributed by atoms with van der Waals surface area (Å²) < 4.78 is 11.8. The van der Waals surface area contributed by atoms with E-state index in [2.05, 4.69) is 25.1 Å². The van der Waals surface area contributed by atoms with Crippen LogP contribution in [0, 0.1) is 19.8 Å². The molecule has 2 fully saturated rings. The molecule has 0 N–H and O–H groups in total. The van der Waals surface area contributed by atoms with Gasteiger partial charge in [-0.15, -0.1) is 10.2 Å². The molecule has 1 unspecified atom stereocenters. The van der Waals surface area contributed by atoms with Gasteiger partial charge in [-0.05, 0) is 45.1 Å². The molecule has 0 aromatic carbocycles. The summed E-state index contributed by atoms with van der Waals surface area (Å²) >= 11 is 1.65. The summed E-state index contributed by atoms with van der Waals surface area (Å²) in [4.78, 5) is 10.7. The minimum absolute atomic E-state index is 0.0116. The predicted molar refractivity (Wildman–Crippen MR) is 95.1 cm³/mol. The van der Waals surface area contributed by atoms with Crippen molar-refractivity contribution >= 4 is 16.5 Å². The monoisotopic (exact) mass is 361 g/mol. The highest BCUT2D eigenvalue weighted by molar-refractivity contribution is 7.15. The van der Waals surface area contributed by atoms with Crippen molar-refractivity contribution in [3.8, 4) is 6.01 Å². The van der Waals surface area contributed by atoms with E-state index in [0.29, 0.717) is 18.5 Å². The lowest BCUT2D eigenvalue weighted by Crippen LogP contribution is -2.65. The first-order valence-electron chi connectivity index (χ1n) is 8.73. The maximum absolute atomic E-state index is 6.12. The molecule has 7 nitrogen and oxygen atoms in total. The minimum atomic E-state index is -0.0116. The predicted octanol–water partition coefficient (Wildman–Crippen LogP) is 2.40. The summed E-state index contributed by atoms with van der Waals surface area (Å²) in [6.07, 6.45) is 4.93. The van der Waals surface area contributed by atoms with Gasteiger partial charge in [0.2, 0.25) is 5.13 Å². The van der Waals surface area contributed by atoms with Crippen molar-refractivity contribution < 1.29 is 9.47 Å². The smallest absolute Gasteiger partial charge is 0.316 e. The van der Waals surface area contributed by atoms with Crippen molar-refractivity contribution in [1.29, 1.82) is 0 Å². The Kier molecular flexibility index (Phi) is 4.56. The number of ether oxygens (including phenoxy) is 2. The molecule has 134 valence electrons. The van der Waals surface area contributed by atoms with Crippen molar-refractivity contribution in [2.75, 3.05) is 31.2 Å². The quantitative estimate of drug-likeness (QED) is 0.809. The number of nitrogens with zero attached hydrogens (tertiary/aromatic N) is 5. The largest absolute Gasteiger partial charge is 0.463 e. The van der Waals surface area contributed by atoms with Crippen LogP contribution < -0.4 is 9.64 Å². The van der Waals surface area contributed by atoms with Gasteiger partial charge < -0.3 is 14.4 Å². The van der Waals surface area contributed by atoms with Gasteiger partial charge in [0.15, 0.2) is 0 Å². The van der Waals surface area contributed by atoms with Crippen LogP contribution in [0.2, 0.25) is 0 Å². The molecule has 25 heavy (non-hydrogen) atoms. The Labute approximate surface area is 151 Å². The van der Waals surface area contributed by atoms with Crippen LogP contribution in [0.25, 0.3) is 0 Å². The second kappa shape index (κ2) is 6.84. The summed E-state index contributed by atoms with van der Waals surface area (Å²) in [5.74, 6) is 0.622. The van der Waals surface area contributed by atoms with E-state index >= 15 is 0 Å². The van der Waals surface area contributed by atoms with E-state index in [9.17, 15) is 0 Å². The van der Waals surface area contributed by atoms with E-state index in [0.717, 1.165) is 54.8 Å². The topological polar surface area (TPSA) is 73.3 Å². The SMILES string of the molecule is Cc1ccnc(OCCC2CCOC3(C2)CN(c2nnc(C)s2)C3)n1. The van der Waals surface area contributed by atoms with Crippen molar-refractivity contribution in [3.63, 3.8) is 0 Å². The van der Waals surface area contributed by atoms with E-state index in [1.807, 2.05) is 19.9 Å². The van der Waals surface area contributed by atoms with Gasteiger partial charge in [0, 0.05) is 18.5 Å². The molecule has 2 aliphatic rings. The van der Waals surface area contributed by atoms with Crippen molar-refractivity contribution in [3.05, 3.63) is 23.0 Å². The van der Waals surface area contributed by atoms with Gasteiger partial charge in [-0.1, -0.05) is 11.3 Å². The number of hydrogen-bond donors (Lipinski definition) is 0. The Morgan fingerprint density at radius 1 is 1.36 bits per heavy atom. The van der Waals surface area contributed by atoms with Gasteiger partial charge in [0.25, 0.3) is 0 Å². The first-order chi connectivity index (χ1) is 12.1. The van der Waals surface area contributed by atoms with E-state index in [1.54, 1.807) is 17.5 Å². The van der Waals surface area contributed by atoms with Gasteiger partial charge in [0.05, 0.1) is 19.7 Å². The first-order valence-corrected chi connectivity index (χ1v) is 9.55. The van der Waals surface area contributed by atoms with E-state index in [-0.39, 0.29) is 5.60 Å². The third-order valence-corrected chi connectivity index (χ3v) is 5.77. The molecule has 4 rings (SSSR count). The summed E-state index contributed by atoms with van der Waals surface area (Å²) in [6, 6.07) is 2.35. The van der Waals surface area contributed by atoms with Gasteiger partial charge >= 0.3 is 6.01 Å². The second-order valence-corrected chi connectivity index (χ2v) is 8.13. The van der Waals surface area contributed by atoms with Crippen LogP contribution in [-0.2, 0) is 4.74 Å². The minimum Gasteiger partial charge on any atom is -0.463 e. The second-order valence-electron chi connectivity index (χ2n) is 6.97. The van der Waals surface area contributed by atoms with E-state index in [1.165, 1.54) is 0 Å². The molecule has 2 saturated heterocycles. The third kappa shape index (κ3) is 3.74. The molecule has 0 bridgehead atoms. The number of hydrogen-bond acceptors (Lipinski definition) is 8. The fourth-order valence-electron chi connectivity index (χ4n) is 3.61. The third-order valence-electron chi connectivity index (χ3n) is 4.87. The van der Waals surface area contributed by atoms with Crippen molar-refractivity contribution in [1.82, 2.24) is 20.2 Å². The van der Waals surface area contributed by atoms with E-state index in [4.69, 9.17) is 9.47 Å². The summed E-state index contributed by atoms with van der Waals surface area (Å²) in [6.45, 7) is 7.25. The first kappa shape index (κ1) is 16.7. The van der Waals surface area contributed by atoms with Crippen LogP contribution in [0.4, 0.5) is 5.13 Å². The fraction of sp³-hybridized carbons (Fsp3) is 0.647. The highest BCUT2D eigenvalue weighted by atomic mass is 32.1. The van der Waals surface area contributed by atoms with Crippen LogP contribution in [0.15, 0.2) is 12.3 Å². The summed E-state index contributed by atoms with van der Waals surface area (Å²) in [5.41, 5.74) is 0.916. The van der Waals surface area contributed by atoms with E-state index < -0.39 is 0 Å². The molecule has 4 heterocycles. The highest BCUT2D eigenvalue weighted by Gasteiger charge is 2.48. The zero-order chi connectivity index (χ0) is 17.3. The lowest BCUT2D eigenvalue weighted by atomic mass is 9.79. The molecular formula is C17H23N5O2S. The molecule has 1 atom stereocenters. The van der Waals surface area contributed by atoms with Crippen molar-refractivity contribution in [2.45, 2.75) is 38.7 Å². The fourth-order valence-corrected chi connectivity index (χ4v) is 4.29. The lowest BCUT2D eigenvalue weighted by molar-refractivity contribution is -0.115. The molecule has 0 radical (unpaired) electrons. The average molecular weight is 361 g/mol. The number of aromatic nitrogens is 4. The maximum Gasteiger partial charge on any atom is 0.316 e. The molecule has 2 aliphatic heterocycles. The van der Waals surface area contributed by atoms with Crippen LogP contribution >= 0.6 is 11.3 Å². The number of rotatable bonds is 5. The van der Waals surface area contributed by atoms with Crippen LogP contribution in [0.1, 0.15) is 30.0 Å². The molecule has 0 aliphatic carbocycles. The normalized spacial score (nSPS) is 22.0. The molecule has 0 amide bonds. The average Bonchev–Trinajstić information content (AvgIpc) is 2.99. The standard InChI is InChI=1S/C17H23N5O2S/c1-12-3-6-18-15(19-12)23-7-4-14-5-8-24-17(9-14)10-22(11-17)16-21-20-13(2)25-16/h3,6,14H,4-5,7-11H2,1-2H3. The maximum atomic E-state index is 6.12. The van der Waals surface area contributed by atoms with Gasteiger partial charge in [-0.25, -0.2) is 9.97 Å². The highest BCUT2D eigenvalue weighted by Crippen LogP contribution is 2.40. The lowest BCUT2D eigenvalue weighted by Gasteiger charge is -2.53. The van der Waals surface area contributed by atoms with Gasteiger partial charge in [-0.2, -0.15) is 0 Å². The molecule has 0 saturated carbocycles. The number of aryl methyl sites for hydroxylation is 2. The Bertz CT molecular complexity index is 731. The van der Waals surface area contributed by atoms with Crippen LogP contribution in [0.3, 0.4) is 0 Å². The molecular weight excluding hydrogens is 338 g/mol. The summed E-state index contributed by atoms with van der Waals surface area (Å²) in [7, 11) is 0. The molecule has 8 heteroatoms. The Morgan fingerprint density at radius 2 is 2.24 bits per heavy atom. The van der Waals surface area contributed by atoms with Crippen molar-refractivity contribution in [2.24, 2.45) is 5.92 Å². The van der Waals surface area contributed by atoms with Crippen LogP contribution in [0.5, 0.6) is 6.01 Å². The Morgan fingerprint density at radius 3 is 3.00 bits per heavy atom. The zero-order valence-corrected chi connectivity index (χ0v) is 15.5. The van der Waals surface area contributed by atoms with Crippen LogP contribution in [-0.4, -0.2) is 52.1 Å². The number of anilines is 1. The molecule has 2 aromatic rings. The summed E-state index contributed by atoms with van der Waals surface area (Å²) in [5, 5.41) is 10.3. The molecule has 1 spiro atoms. The van der Waals surface area contributed by atoms with Gasteiger partial charge in [-0.3, -0.25) is 0 Å². The Balaban J connectivity index is 1.26.